The Labute approximate surface area is 105 Å². The highest BCUT2D eigenvalue weighted by atomic mass is 32.2. The van der Waals surface area contributed by atoms with Crippen molar-refractivity contribution in [3.05, 3.63) is 0 Å². The Hall–Kier alpha value is -0.910. The van der Waals surface area contributed by atoms with Crippen molar-refractivity contribution < 1.29 is 14.7 Å². The van der Waals surface area contributed by atoms with E-state index in [0.717, 1.165) is 6.42 Å². The molecule has 2 N–H and O–H groups in total. The fraction of sp³-hybridized carbons (Fsp3) is 0.818. The fourth-order valence-electron chi connectivity index (χ4n) is 1.99. The Morgan fingerprint density at radius 2 is 2.18 bits per heavy atom. The zero-order chi connectivity index (χ0) is 12.4. The van der Waals surface area contributed by atoms with E-state index in [2.05, 4.69) is 5.32 Å². The molecule has 1 aliphatic heterocycles. The summed E-state index contributed by atoms with van der Waals surface area (Å²) in [4.78, 5) is 24.6. The first-order chi connectivity index (χ1) is 8.13. The van der Waals surface area contributed by atoms with Crippen molar-refractivity contribution in [1.82, 2.24) is 10.2 Å². The lowest BCUT2D eigenvalue weighted by Crippen LogP contribution is -2.50. The van der Waals surface area contributed by atoms with Gasteiger partial charge in [-0.25, -0.2) is 9.59 Å². The number of hydrogen-bond donors (Lipinski definition) is 2. The van der Waals surface area contributed by atoms with Gasteiger partial charge >= 0.3 is 12.0 Å². The fourth-order valence-corrected chi connectivity index (χ4v) is 3.33. The van der Waals surface area contributed by atoms with Gasteiger partial charge in [0.25, 0.3) is 0 Å². The van der Waals surface area contributed by atoms with Crippen molar-refractivity contribution in [1.29, 1.82) is 0 Å². The number of urea groups is 1. The summed E-state index contributed by atoms with van der Waals surface area (Å²) in [6.07, 6.45) is 3.13. The molecule has 2 amide bonds. The average molecular weight is 258 g/mol. The smallest absolute Gasteiger partial charge is 0.327 e. The maximum atomic E-state index is 12.0. The van der Waals surface area contributed by atoms with Crippen molar-refractivity contribution >= 4 is 23.8 Å². The third-order valence-corrected chi connectivity index (χ3v) is 4.65. The molecule has 0 aromatic carbocycles. The topological polar surface area (TPSA) is 69.6 Å². The Morgan fingerprint density at radius 3 is 2.71 bits per heavy atom. The van der Waals surface area contributed by atoms with Crippen LogP contribution in [0.4, 0.5) is 4.79 Å². The zero-order valence-electron chi connectivity index (χ0n) is 9.89. The predicted octanol–water partition coefficient (Wildman–Crippen LogP) is 1.34. The SMILES string of the molecule is CCC1SCC(C(=O)O)N1C(=O)NCC1CC1. The van der Waals surface area contributed by atoms with Crippen LogP contribution in [0.15, 0.2) is 0 Å². The highest BCUT2D eigenvalue weighted by Crippen LogP contribution is 2.32. The highest BCUT2D eigenvalue weighted by Gasteiger charge is 2.41. The molecule has 0 radical (unpaired) electrons. The predicted molar refractivity (Wildman–Crippen MR) is 65.9 cm³/mol. The second-order valence-electron chi connectivity index (χ2n) is 4.59. The molecule has 2 fully saturated rings. The van der Waals surface area contributed by atoms with E-state index in [1.165, 1.54) is 17.7 Å². The molecule has 2 atom stereocenters. The molecule has 1 aliphatic carbocycles. The van der Waals surface area contributed by atoms with Gasteiger partial charge < -0.3 is 10.4 Å². The molecular weight excluding hydrogens is 240 g/mol. The molecule has 2 unspecified atom stereocenters. The summed E-state index contributed by atoms with van der Waals surface area (Å²) >= 11 is 1.55. The van der Waals surface area contributed by atoms with E-state index in [9.17, 15) is 9.59 Å². The van der Waals surface area contributed by atoms with Crippen LogP contribution in [-0.2, 0) is 4.79 Å². The Morgan fingerprint density at radius 1 is 1.47 bits per heavy atom. The molecule has 0 spiro atoms. The summed E-state index contributed by atoms with van der Waals surface area (Å²) in [5.41, 5.74) is 0. The largest absolute Gasteiger partial charge is 0.480 e. The van der Waals surface area contributed by atoms with Crippen LogP contribution in [0, 0.1) is 5.92 Å². The minimum Gasteiger partial charge on any atom is -0.480 e. The molecular formula is C11H18N2O3S. The molecule has 17 heavy (non-hydrogen) atoms. The van der Waals surface area contributed by atoms with Gasteiger partial charge in [0.1, 0.15) is 6.04 Å². The van der Waals surface area contributed by atoms with Crippen molar-refractivity contribution in [2.75, 3.05) is 12.3 Å². The van der Waals surface area contributed by atoms with E-state index < -0.39 is 12.0 Å². The lowest BCUT2D eigenvalue weighted by Gasteiger charge is -2.26. The normalized spacial score (nSPS) is 28.2. The summed E-state index contributed by atoms with van der Waals surface area (Å²) in [6, 6.07) is -0.898. The van der Waals surface area contributed by atoms with E-state index in [-0.39, 0.29) is 11.4 Å². The molecule has 1 heterocycles. The highest BCUT2D eigenvalue weighted by molar-refractivity contribution is 8.00. The van der Waals surface area contributed by atoms with Crippen LogP contribution in [-0.4, -0.2) is 45.7 Å². The van der Waals surface area contributed by atoms with Gasteiger partial charge in [-0.3, -0.25) is 4.90 Å². The third-order valence-electron chi connectivity index (χ3n) is 3.20. The number of hydrogen-bond acceptors (Lipinski definition) is 3. The van der Waals surface area contributed by atoms with Gasteiger partial charge in [0, 0.05) is 12.3 Å². The minimum absolute atomic E-state index is 0.00435. The van der Waals surface area contributed by atoms with Gasteiger partial charge in [-0.05, 0) is 25.2 Å². The lowest BCUT2D eigenvalue weighted by atomic mass is 10.3. The maximum absolute atomic E-state index is 12.0. The number of nitrogens with zero attached hydrogens (tertiary/aromatic N) is 1. The van der Waals surface area contributed by atoms with E-state index in [1.54, 1.807) is 11.8 Å². The van der Waals surface area contributed by atoms with E-state index in [0.29, 0.717) is 18.2 Å². The first kappa shape index (κ1) is 12.5. The number of thioether (sulfide) groups is 1. The molecule has 0 aromatic heterocycles. The number of nitrogens with one attached hydrogen (secondary N) is 1. The summed E-state index contributed by atoms with van der Waals surface area (Å²) in [7, 11) is 0. The van der Waals surface area contributed by atoms with Crippen molar-refractivity contribution in [2.45, 2.75) is 37.6 Å². The van der Waals surface area contributed by atoms with Gasteiger partial charge in [-0.15, -0.1) is 11.8 Å². The lowest BCUT2D eigenvalue weighted by molar-refractivity contribution is -0.141. The number of amides is 2. The first-order valence-corrected chi connectivity index (χ1v) is 7.09. The van der Waals surface area contributed by atoms with Crippen molar-refractivity contribution in [3.8, 4) is 0 Å². The van der Waals surface area contributed by atoms with Gasteiger partial charge in [-0.2, -0.15) is 0 Å². The first-order valence-electron chi connectivity index (χ1n) is 6.04. The minimum atomic E-state index is -0.907. The summed E-state index contributed by atoms with van der Waals surface area (Å²) < 4.78 is 0. The van der Waals surface area contributed by atoms with Gasteiger partial charge in [-0.1, -0.05) is 6.92 Å². The second-order valence-corrected chi connectivity index (χ2v) is 5.80. The van der Waals surface area contributed by atoms with Crippen LogP contribution in [0.1, 0.15) is 26.2 Å². The van der Waals surface area contributed by atoms with E-state index in [4.69, 9.17) is 5.11 Å². The molecule has 0 aromatic rings. The maximum Gasteiger partial charge on any atom is 0.327 e. The summed E-state index contributed by atoms with van der Waals surface area (Å²) in [5, 5.41) is 11.9. The molecule has 2 rings (SSSR count). The van der Waals surface area contributed by atoms with Crippen molar-refractivity contribution in [2.24, 2.45) is 5.92 Å². The van der Waals surface area contributed by atoms with Crippen LogP contribution >= 0.6 is 11.8 Å². The molecule has 0 bridgehead atoms. The van der Waals surface area contributed by atoms with Crippen molar-refractivity contribution in [3.63, 3.8) is 0 Å². The van der Waals surface area contributed by atoms with Crippen LogP contribution < -0.4 is 5.32 Å². The van der Waals surface area contributed by atoms with E-state index in [1.807, 2.05) is 6.92 Å². The van der Waals surface area contributed by atoms with Gasteiger partial charge in [0.2, 0.25) is 0 Å². The van der Waals surface area contributed by atoms with Gasteiger partial charge in [0.05, 0.1) is 5.37 Å². The molecule has 1 saturated heterocycles. The second kappa shape index (κ2) is 5.16. The van der Waals surface area contributed by atoms with Crippen LogP contribution in [0.5, 0.6) is 0 Å². The third kappa shape index (κ3) is 2.86. The van der Waals surface area contributed by atoms with Gasteiger partial charge in [0.15, 0.2) is 0 Å². The number of rotatable bonds is 4. The number of carbonyl (C=O) groups excluding carboxylic acids is 1. The zero-order valence-corrected chi connectivity index (χ0v) is 10.7. The Bertz CT molecular complexity index is 320. The van der Waals surface area contributed by atoms with Crippen LogP contribution in [0.25, 0.3) is 0 Å². The van der Waals surface area contributed by atoms with Crippen LogP contribution in [0.3, 0.4) is 0 Å². The molecule has 2 aliphatic rings. The summed E-state index contributed by atoms with van der Waals surface area (Å²) in [5.74, 6) is 0.192. The quantitative estimate of drug-likeness (QED) is 0.798. The number of carboxylic acids is 1. The standard InChI is InChI=1S/C11H18N2O3S/c1-2-9-13(8(6-17-9)10(14)15)11(16)12-5-7-3-4-7/h7-9H,2-6H2,1H3,(H,12,16)(H,14,15). The monoisotopic (exact) mass is 258 g/mol. The molecule has 6 heteroatoms. The molecule has 1 saturated carbocycles. The number of carbonyl (C=O) groups is 2. The van der Waals surface area contributed by atoms with Crippen LogP contribution in [0.2, 0.25) is 0 Å². The molecule has 5 nitrogen and oxygen atoms in total. The number of aliphatic carboxylic acids is 1. The molecule has 96 valence electrons. The Kier molecular flexibility index (Phi) is 3.81. The summed E-state index contributed by atoms with van der Waals surface area (Å²) in [6.45, 7) is 2.66. The Balaban J connectivity index is 1.96. The van der Waals surface area contributed by atoms with E-state index >= 15 is 0 Å². The number of carboxylic acid groups (broad SMARTS) is 1. The average Bonchev–Trinajstić information content (AvgIpc) is 3.02.